The molecule has 0 bridgehead atoms. The molecule has 0 amide bonds. The van der Waals surface area contributed by atoms with E-state index in [1.807, 2.05) is 0 Å². The molecule has 90 valence electrons. The molecule has 1 N–H and O–H groups in total. The third-order valence-electron chi connectivity index (χ3n) is 3.59. The largest absolute Gasteiger partial charge is 0.310 e. The first-order valence-corrected chi connectivity index (χ1v) is 7.55. The highest BCUT2D eigenvalue weighted by Gasteiger charge is 2.32. The molecular formula is C13H27NS. The molecule has 0 aromatic carbocycles. The van der Waals surface area contributed by atoms with Crippen LogP contribution in [0, 0.1) is 5.41 Å². The number of hydrogen-bond acceptors (Lipinski definition) is 2. The van der Waals surface area contributed by atoms with Gasteiger partial charge >= 0.3 is 0 Å². The maximum Gasteiger partial charge on any atom is 0.0212 e. The van der Waals surface area contributed by atoms with Crippen molar-refractivity contribution in [1.29, 1.82) is 0 Å². The van der Waals surface area contributed by atoms with Gasteiger partial charge in [0.15, 0.2) is 0 Å². The van der Waals surface area contributed by atoms with E-state index in [0.717, 1.165) is 0 Å². The molecule has 0 aliphatic carbocycles. The molecule has 1 fully saturated rings. The molecule has 0 aromatic heterocycles. The van der Waals surface area contributed by atoms with Crippen molar-refractivity contribution in [3.63, 3.8) is 0 Å². The fraction of sp³-hybridized carbons (Fsp3) is 1.00. The Bertz CT molecular complexity index is 179. The topological polar surface area (TPSA) is 12.0 Å². The second kappa shape index (κ2) is 6.15. The number of rotatable bonds is 5. The van der Waals surface area contributed by atoms with Crippen LogP contribution in [0.4, 0.5) is 0 Å². The first-order chi connectivity index (χ1) is 7.06. The maximum atomic E-state index is 3.82. The molecule has 0 spiro atoms. The minimum atomic E-state index is 0.492. The zero-order chi connectivity index (χ0) is 11.3. The van der Waals surface area contributed by atoms with Gasteiger partial charge in [-0.15, -0.1) is 0 Å². The van der Waals surface area contributed by atoms with Crippen LogP contribution in [0.15, 0.2) is 0 Å². The lowest BCUT2D eigenvalue weighted by molar-refractivity contribution is 0.227. The monoisotopic (exact) mass is 229 g/mol. The Hall–Kier alpha value is 0.310. The highest BCUT2D eigenvalue weighted by molar-refractivity contribution is 7.99. The molecule has 1 heterocycles. The molecule has 1 saturated heterocycles. The van der Waals surface area contributed by atoms with E-state index in [0.29, 0.717) is 17.5 Å². The van der Waals surface area contributed by atoms with Gasteiger partial charge in [-0.25, -0.2) is 0 Å². The summed E-state index contributed by atoms with van der Waals surface area (Å²) in [4.78, 5) is 0. The average Bonchev–Trinajstić information content (AvgIpc) is 2.18. The van der Waals surface area contributed by atoms with Crippen LogP contribution >= 0.6 is 11.8 Å². The summed E-state index contributed by atoms with van der Waals surface area (Å²) in [7, 11) is 0. The number of unbranched alkanes of at least 4 members (excludes halogenated alkanes) is 1. The molecule has 2 unspecified atom stereocenters. The van der Waals surface area contributed by atoms with Crippen molar-refractivity contribution in [3.8, 4) is 0 Å². The van der Waals surface area contributed by atoms with Crippen LogP contribution in [-0.4, -0.2) is 23.6 Å². The van der Waals surface area contributed by atoms with E-state index in [2.05, 4.69) is 44.8 Å². The molecule has 0 radical (unpaired) electrons. The van der Waals surface area contributed by atoms with Crippen molar-refractivity contribution in [2.45, 2.75) is 65.5 Å². The van der Waals surface area contributed by atoms with Gasteiger partial charge in [-0.1, -0.05) is 33.6 Å². The second-order valence-electron chi connectivity index (χ2n) is 5.58. The third kappa shape index (κ3) is 4.36. The van der Waals surface area contributed by atoms with Gasteiger partial charge in [0, 0.05) is 17.8 Å². The summed E-state index contributed by atoms with van der Waals surface area (Å²) in [6, 6.07) is 1.40. The molecular weight excluding hydrogens is 202 g/mol. The van der Waals surface area contributed by atoms with Crippen molar-refractivity contribution in [2.75, 3.05) is 11.5 Å². The summed E-state index contributed by atoms with van der Waals surface area (Å²) in [5, 5.41) is 3.82. The quantitative estimate of drug-likeness (QED) is 0.772. The Morgan fingerprint density at radius 2 is 2.20 bits per heavy atom. The van der Waals surface area contributed by atoms with Gasteiger partial charge in [0.05, 0.1) is 0 Å². The Labute approximate surface area is 99.8 Å². The fourth-order valence-electron chi connectivity index (χ4n) is 2.15. The standard InChI is InChI=1S/C13H27NS/c1-5-6-7-11(2)14-12-10-15-9-8-13(12,3)4/h11-12,14H,5-10H2,1-4H3. The Balaban J connectivity index is 2.34. The third-order valence-corrected chi connectivity index (χ3v) is 4.66. The van der Waals surface area contributed by atoms with E-state index in [9.17, 15) is 0 Å². The normalized spacial score (nSPS) is 27.6. The van der Waals surface area contributed by atoms with Crippen LogP contribution in [0.25, 0.3) is 0 Å². The summed E-state index contributed by atoms with van der Waals surface area (Å²) in [6.45, 7) is 9.44. The summed E-state index contributed by atoms with van der Waals surface area (Å²) < 4.78 is 0. The summed E-state index contributed by atoms with van der Waals surface area (Å²) in [6.07, 6.45) is 5.35. The number of thioether (sulfide) groups is 1. The second-order valence-corrected chi connectivity index (χ2v) is 6.73. The van der Waals surface area contributed by atoms with Gasteiger partial charge in [0.2, 0.25) is 0 Å². The average molecular weight is 229 g/mol. The van der Waals surface area contributed by atoms with Crippen LogP contribution < -0.4 is 5.32 Å². The van der Waals surface area contributed by atoms with Gasteiger partial charge in [0.25, 0.3) is 0 Å². The minimum Gasteiger partial charge on any atom is -0.310 e. The van der Waals surface area contributed by atoms with Gasteiger partial charge in [-0.3, -0.25) is 0 Å². The predicted molar refractivity (Wildman–Crippen MR) is 71.6 cm³/mol. The fourth-order valence-corrected chi connectivity index (χ4v) is 3.77. The predicted octanol–water partition coefficient (Wildman–Crippen LogP) is 3.69. The highest BCUT2D eigenvalue weighted by atomic mass is 32.2. The molecule has 2 heteroatoms. The molecule has 0 aromatic rings. The van der Waals surface area contributed by atoms with Gasteiger partial charge < -0.3 is 5.32 Å². The summed E-state index contributed by atoms with van der Waals surface area (Å²) >= 11 is 2.11. The molecule has 15 heavy (non-hydrogen) atoms. The van der Waals surface area contributed by atoms with Crippen LogP contribution in [-0.2, 0) is 0 Å². The van der Waals surface area contributed by atoms with Crippen LogP contribution in [0.2, 0.25) is 0 Å². The number of nitrogens with one attached hydrogen (secondary N) is 1. The summed E-state index contributed by atoms with van der Waals surface area (Å²) in [5.74, 6) is 2.64. The van der Waals surface area contributed by atoms with Crippen molar-refractivity contribution < 1.29 is 0 Å². The van der Waals surface area contributed by atoms with Crippen molar-refractivity contribution in [1.82, 2.24) is 5.32 Å². The van der Waals surface area contributed by atoms with Crippen LogP contribution in [0.3, 0.4) is 0 Å². The lowest BCUT2D eigenvalue weighted by atomic mass is 9.82. The molecule has 1 aliphatic rings. The maximum absolute atomic E-state index is 3.82. The van der Waals surface area contributed by atoms with Crippen molar-refractivity contribution >= 4 is 11.8 Å². The zero-order valence-electron chi connectivity index (χ0n) is 10.8. The lowest BCUT2D eigenvalue weighted by Gasteiger charge is -2.40. The van der Waals surface area contributed by atoms with Gasteiger partial charge in [0.1, 0.15) is 0 Å². The smallest absolute Gasteiger partial charge is 0.0212 e. The van der Waals surface area contributed by atoms with E-state index in [1.165, 1.54) is 37.2 Å². The van der Waals surface area contributed by atoms with Crippen LogP contribution in [0.5, 0.6) is 0 Å². The molecule has 1 rings (SSSR count). The van der Waals surface area contributed by atoms with Gasteiger partial charge in [-0.2, -0.15) is 11.8 Å². The minimum absolute atomic E-state index is 0.492. The van der Waals surface area contributed by atoms with Crippen LogP contribution in [0.1, 0.15) is 53.4 Å². The molecule has 0 saturated carbocycles. The summed E-state index contributed by atoms with van der Waals surface area (Å²) in [5.41, 5.74) is 0.492. The van der Waals surface area contributed by atoms with E-state index in [1.54, 1.807) is 0 Å². The van der Waals surface area contributed by atoms with Gasteiger partial charge in [-0.05, 0) is 30.9 Å². The Morgan fingerprint density at radius 1 is 1.47 bits per heavy atom. The number of hydrogen-bond donors (Lipinski definition) is 1. The molecule has 1 nitrogen and oxygen atoms in total. The van der Waals surface area contributed by atoms with E-state index in [-0.39, 0.29) is 0 Å². The first-order valence-electron chi connectivity index (χ1n) is 6.40. The van der Waals surface area contributed by atoms with Crippen molar-refractivity contribution in [2.24, 2.45) is 5.41 Å². The first kappa shape index (κ1) is 13.4. The molecule has 1 aliphatic heterocycles. The lowest BCUT2D eigenvalue weighted by Crippen LogP contribution is -2.49. The van der Waals surface area contributed by atoms with E-state index < -0.39 is 0 Å². The van der Waals surface area contributed by atoms with Crippen molar-refractivity contribution in [3.05, 3.63) is 0 Å². The molecule has 2 atom stereocenters. The Morgan fingerprint density at radius 3 is 2.80 bits per heavy atom. The highest BCUT2D eigenvalue weighted by Crippen LogP contribution is 2.34. The Kier molecular flexibility index (Phi) is 5.48. The van der Waals surface area contributed by atoms with E-state index >= 15 is 0 Å². The van der Waals surface area contributed by atoms with E-state index in [4.69, 9.17) is 0 Å². The zero-order valence-corrected chi connectivity index (χ0v) is 11.6. The SMILES string of the molecule is CCCCC(C)NC1CSCCC1(C)C.